The van der Waals surface area contributed by atoms with Gasteiger partial charge in [-0.15, -0.1) is 0 Å². The average Bonchev–Trinajstić information content (AvgIpc) is 3.20. The third kappa shape index (κ3) is 3.26. The van der Waals surface area contributed by atoms with Crippen LogP contribution in [0.1, 0.15) is 44.9 Å². The van der Waals surface area contributed by atoms with E-state index in [2.05, 4.69) is 111 Å². The van der Waals surface area contributed by atoms with Crippen molar-refractivity contribution < 1.29 is 4.74 Å². The van der Waals surface area contributed by atoms with E-state index in [-0.39, 0.29) is 6.23 Å². The molecule has 3 aromatic carbocycles. The van der Waals surface area contributed by atoms with Crippen molar-refractivity contribution in [2.75, 3.05) is 13.6 Å². The van der Waals surface area contributed by atoms with E-state index in [1.54, 1.807) is 0 Å². The minimum Gasteiger partial charge on any atom is -0.355 e. The highest BCUT2D eigenvalue weighted by Crippen LogP contribution is 2.68. The molecular formula is C30H34NOP. The zero-order valence-electron chi connectivity index (χ0n) is 19.9. The van der Waals surface area contributed by atoms with E-state index >= 15 is 0 Å². The lowest BCUT2D eigenvalue weighted by atomic mass is 9.67. The van der Waals surface area contributed by atoms with Crippen molar-refractivity contribution in [3.8, 4) is 0 Å². The van der Waals surface area contributed by atoms with E-state index in [0.717, 1.165) is 12.5 Å². The van der Waals surface area contributed by atoms with Crippen molar-refractivity contribution in [1.29, 1.82) is 0 Å². The normalized spacial score (nSPS) is 30.5. The zero-order valence-corrected chi connectivity index (χ0v) is 20.8. The predicted octanol–water partition coefficient (Wildman–Crippen LogP) is 5.60. The number of nitrogens with zero attached hydrogens (tertiary/aromatic N) is 1. The molecule has 2 unspecified atom stereocenters. The predicted molar refractivity (Wildman–Crippen MR) is 139 cm³/mol. The van der Waals surface area contributed by atoms with Gasteiger partial charge in [-0.1, -0.05) is 98.8 Å². The molecule has 3 fully saturated rings. The molecule has 170 valence electrons. The monoisotopic (exact) mass is 455 g/mol. The topological polar surface area (TPSA) is 12.5 Å². The van der Waals surface area contributed by atoms with Gasteiger partial charge in [-0.25, -0.2) is 0 Å². The lowest BCUT2D eigenvalue weighted by molar-refractivity contribution is -0.205. The molecular weight excluding hydrogens is 421 g/mol. The van der Waals surface area contributed by atoms with E-state index in [1.807, 2.05) is 0 Å². The second-order valence-electron chi connectivity index (χ2n) is 10.8. The number of hydrogen-bond acceptors (Lipinski definition) is 2. The van der Waals surface area contributed by atoms with Gasteiger partial charge in [0.15, 0.2) is 0 Å². The molecule has 2 aliphatic carbocycles. The lowest BCUT2D eigenvalue weighted by Crippen LogP contribution is -2.55. The van der Waals surface area contributed by atoms with Gasteiger partial charge in [-0.3, -0.25) is 4.90 Å². The van der Waals surface area contributed by atoms with Gasteiger partial charge in [0.2, 0.25) is 0 Å². The number of rotatable bonds is 4. The van der Waals surface area contributed by atoms with Crippen molar-refractivity contribution in [3.63, 3.8) is 0 Å². The Hall–Kier alpha value is -1.99. The molecule has 2 nitrogen and oxygen atoms in total. The summed E-state index contributed by atoms with van der Waals surface area (Å²) in [6.45, 7) is 6.13. The zero-order chi connectivity index (χ0) is 22.6. The molecule has 0 N–H and O–H groups in total. The Morgan fingerprint density at radius 2 is 1.45 bits per heavy atom. The summed E-state index contributed by atoms with van der Waals surface area (Å²) in [7, 11) is 1.62. The third-order valence-electron chi connectivity index (χ3n) is 9.06. The first kappa shape index (κ1) is 21.5. The summed E-state index contributed by atoms with van der Waals surface area (Å²) in [6.07, 6.45) is 4.31. The van der Waals surface area contributed by atoms with Gasteiger partial charge in [0.1, 0.15) is 6.23 Å². The summed E-state index contributed by atoms with van der Waals surface area (Å²) in [4.78, 5) is 2.51. The smallest absolute Gasteiger partial charge is 0.137 e. The van der Waals surface area contributed by atoms with Crippen LogP contribution in [-0.4, -0.2) is 24.6 Å². The minimum atomic E-state index is -0.658. The largest absolute Gasteiger partial charge is 0.355 e. The maximum atomic E-state index is 7.07. The highest BCUT2D eigenvalue weighted by atomic mass is 31.1. The third-order valence-corrected chi connectivity index (χ3v) is 11.6. The van der Waals surface area contributed by atoms with Gasteiger partial charge >= 0.3 is 0 Å². The molecule has 0 aromatic heterocycles. The Bertz CT molecular complexity index is 1090. The minimum absolute atomic E-state index is 0.0180. The lowest BCUT2D eigenvalue weighted by Gasteiger charge is -2.52. The summed E-state index contributed by atoms with van der Waals surface area (Å²) < 4.78 is 7.07. The van der Waals surface area contributed by atoms with E-state index in [9.17, 15) is 0 Å². The molecule has 1 spiro atoms. The van der Waals surface area contributed by atoms with E-state index in [1.165, 1.54) is 40.7 Å². The van der Waals surface area contributed by atoms with Crippen LogP contribution in [0.25, 0.3) is 0 Å². The van der Waals surface area contributed by atoms with Crippen LogP contribution in [-0.2, 0) is 4.74 Å². The van der Waals surface area contributed by atoms with Crippen molar-refractivity contribution >= 4 is 23.8 Å². The fourth-order valence-electron chi connectivity index (χ4n) is 7.14. The van der Waals surface area contributed by atoms with Crippen LogP contribution in [0.2, 0.25) is 0 Å². The highest BCUT2D eigenvalue weighted by molar-refractivity contribution is 7.79. The first-order valence-corrected chi connectivity index (χ1v) is 13.7. The molecule has 1 aliphatic heterocycles. The van der Waals surface area contributed by atoms with Gasteiger partial charge in [-0.2, -0.15) is 0 Å². The van der Waals surface area contributed by atoms with Crippen LogP contribution in [0.3, 0.4) is 0 Å². The molecule has 33 heavy (non-hydrogen) atoms. The van der Waals surface area contributed by atoms with E-state index < -0.39 is 7.92 Å². The van der Waals surface area contributed by atoms with Crippen LogP contribution in [0.4, 0.5) is 0 Å². The van der Waals surface area contributed by atoms with E-state index in [0.29, 0.717) is 16.9 Å². The molecule has 3 heteroatoms. The molecule has 1 saturated heterocycles. The molecule has 6 rings (SSSR count). The van der Waals surface area contributed by atoms with Gasteiger partial charge in [0.05, 0.1) is 6.10 Å². The SMILES string of the molecule is CN1C[C@]23CC[C@H](CC2OC1c1ccccc1P(c1ccccc1)c1ccccc1)C3(C)C. The molecule has 2 saturated carbocycles. The Morgan fingerprint density at radius 3 is 2.09 bits per heavy atom. The Kier molecular flexibility index (Phi) is 5.25. The maximum absolute atomic E-state index is 7.07. The first-order chi connectivity index (χ1) is 16.0. The maximum Gasteiger partial charge on any atom is 0.137 e. The summed E-state index contributed by atoms with van der Waals surface area (Å²) in [5, 5.41) is 4.20. The summed E-state index contributed by atoms with van der Waals surface area (Å²) in [5.41, 5.74) is 2.02. The fourth-order valence-corrected chi connectivity index (χ4v) is 9.62. The van der Waals surface area contributed by atoms with Crippen LogP contribution >= 0.6 is 7.92 Å². The van der Waals surface area contributed by atoms with Crippen LogP contribution < -0.4 is 15.9 Å². The Labute approximate surface area is 199 Å². The first-order valence-electron chi connectivity index (χ1n) is 12.4. The highest BCUT2D eigenvalue weighted by Gasteiger charge is 2.66. The van der Waals surface area contributed by atoms with Crippen molar-refractivity contribution in [1.82, 2.24) is 4.90 Å². The Balaban J connectivity index is 1.42. The fraction of sp³-hybridized carbons (Fsp3) is 0.400. The molecule has 3 aliphatic rings. The number of benzene rings is 3. The molecule has 4 atom stereocenters. The molecule has 2 bridgehead atoms. The molecule has 3 aromatic rings. The van der Waals surface area contributed by atoms with Crippen molar-refractivity contribution in [2.45, 2.75) is 45.4 Å². The van der Waals surface area contributed by atoms with Gasteiger partial charge in [0, 0.05) is 17.5 Å². The average molecular weight is 456 g/mol. The van der Waals surface area contributed by atoms with Gasteiger partial charge < -0.3 is 4.74 Å². The number of hydrogen-bond donors (Lipinski definition) is 0. The number of ether oxygens (including phenoxy) is 1. The van der Waals surface area contributed by atoms with E-state index in [4.69, 9.17) is 4.74 Å². The summed E-state index contributed by atoms with van der Waals surface area (Å²) in [6, 6.07) is 31.1. The summed E-state index contributed by atoms with van der Waals surface area (Å²) >= 11 is 0. The molecule has 1 heterocycles. The van der Waals surface area contributed by atoms with Crippen molar-refractivity contribution in [3.05, 3.63) is 90.5 Å². The van der Waals surface area contributed by atoms with Crippen LogP contribution in [0, 0.1) is 16.7 Å². The van der Waals surface area contributed by atoms with Gasteiger partial charge in [-0.05, 0) is 61.5 Å². The standard InChI is InChI=1S/C30H34NOP/c1-29(2)22-18-19-30(29)21-31(3)28(32-27(30)20-22)25-16-10-11-17-26(25)33(23-12-6-4-7-13-23)24-14-8-5-9-15-24/h4-17,22,27-28H,18-21H2,1-3H3/t22-,27?,28?,30-/m1/s1. The van der Waals surface area contributed by atoms with Gasteiger partial charge in [0.25, 0.3) is 0 Å². The van der Waals surface area contributed by atoms with Crippen LogP contribution in [0.5, 0.6) is 0 Å². The molecule has 0 radical (unpaired) electrons. The van der Waals surface area contributed by atoms with Crippen molar-refractivity contribution in [2.24, 2.45) is 16.7 Å². The quantitative estimate of drug-likeness (QED) is 0.475. The molecule has 0 amide bonds. The second-order valence-corrected chi connectivity index (χ2v) is 13.0. The van der Waals surface area contributed by atoms with Crippen LogP contribution in [0.15, 0.2) is 84.9 Å². The Morgan fingerprint density at radius 1 is 0.848 bits per heavy atom. The number of fused-ring (bicyclic) bond motifs is 1. The summed E-state index contributed by atoms with van der Waals surface area (Å²) in [5.74, 6) is 0.802. The second kappa shape index (κ2) is 8.05.